The summed E-state index contributed by atoms with van der Waals surface area (Å²) in [5.74, 6) is 2.13. The van der Waals surface area contributed by atoms with Crippen LogP contribution in [-0.4, -0.2) is 109 Å². The SMILES string of the molecule is C#C[C@]1(CO)O[C@@H](c2cnc3c(C)ncnn23)[C@H](F)[C@@H]1O.Cc1ncnn2c([C@@H]3O[C@](C#N)(CO)[C@@H](O)[C@H]3F)cnc12. The number of ether oxygens (including phenoxy) is 2. The number of fused-ring (bicyclic) bond motifs is 2. The fourth-order valence-electron chi connectivity index (χ4n) is 4.86. The molecule has 0 spiro atoms. The number of alkyl halides is 2. The van der Waals surface area contributed by atoms with Gasteiger partial charge in [0.25, 0.3) is 0 Å². The van der Waals surface area contributed by atoms with Crippen molar-refractivity contribution in [3.8, 4) is 18.4 Å². The van der Waals surface area contributed by atoms with Gasteiger partial charge in [0.2, 0.25) is 5.60 Å². The second-order valence-corrected chi connectivity index (χ2v) is 9.73. The molecular formula is C25H25F2N9O6. The molecular weight excluding hydrogens is 560 g/mol. The van der Waals surface area contributed by atoms with Crippen molar-refractivity contribution in [2.45, 2.75) is 61.8 Å². The van der Waals surface area contributed by atoms with Crippen LogP contribution in [0.25, 0.3) is 11.3 Å². The van der Waals surface area contributed by atoms with Crippen molar-refractivity contribution in [1.82, 2.24) is 39.2 Å². The van der Waals surface area contributed by atoms with E-state index in [1.54, 1.807) is 19.9 Å². The third kappa shape index (κ3) is 4.34. The smallest absolute Gasteiger partial charge is 0.206 e. The van der Waals surface area contributed by atoms with Crippen molar-refractivity contribution in [3.63, 3.8) is 0 Å². The van der Waals surface area contributed by atoms with E-state index in [1.807, 2.05) is 0 Å². The number of aliphatic hydroxyl groups is 4. The lowest BCUT2D eigenvalue weighted by Crippen LogP contribution is -2.44. The van der Waals surface area contributed by atoms with Gasteiger partial charge < -0.3 is 29.9 Å². The third-order valence-corrected chi connectivity index (χ3v) is 7.31. The fourth-order valence-corrected chi connectivity index (χ4v) is 4.86. The Morgan fingerprint density at radius 2 is 1.29 bits per heavy atom. The average molecular weight is 586 g/mol. The van der Waals surface area contributed by atoms with Crippen LogP contribution in [0, 0.1) is 37.5 Å². The number of halogens is 2. The number of aromatic nitrogens is 8. The number of aliphatic hydroxyl groups excluding tert-OH is 4. The first-order valence-electron chi connectivity index (χ1n) is 12.5. The molecule has 0 radical (unpaired) electrons. The number of hydrogen-bond acceptors (Lipinski definition) is 13. The van der Waals surface area contributed by atoms with Crippen molar-refractivity contribution in [1.29, 1.82) is 5.26 Å². The van der Waals surface area contributed by atoms with Crippen LogP contribution >= 0.6 is 0 Å². The van der Waals surface area contributed by atoms with Crippen LogP contribution in [0.3, 0.4) is 0 Å². The Hall–Kier alpha value is -4.23. The molecule has 17 heteroatoms. The van der Waals surface area contributed by atoms with Gasteiger partial charge in [0, 0.05) is 0 Å². The molecule has 6 rings (SSSR count). The fraction of sp³-hybridized carbons (Fsp3) is 0.480. The van der Waals surface area contributed by atoms with Crippen LogP contribution in [0.15, 0.2) is 25.0 Å². The normalized spacial score (nSPS) is 32.4. The largest absolute Gasteiger partial charge is 0.392 e. The van der Waals surface area contributed by atoms with Gasteiger partial charge >= 0.3 is 0 Å². The number of hydrogen-bond donors (Lipinski definition) is 4. The lowest BCUT2D eigenvalue weighted by Gasteiger charge is -2.23. The molecule has 6 heterocycles. The highest BCUT2D eigenvalue weighted by molar-refractivity contribution is 5.44. The molecule has 2 fully saturated rings. The van der Waals surface area contributed by atoms with Gasteiger partial charge in [-0.15, -0.1) is 6.42 Å². The second-order valence-electron chi connectivity index (χ2n) is 9.73. The van der Waals surface area contributed by atoms with Crippen molar-refractivity contribution >= 4 is 11.3 Å². The molecule has 0 aromatic carbocycles. The quantitative estimate of drug-likeness (QED) is 0.213. The zero-order valence-electron chi connectivity index (χ0n) is 22.2. The minimum absolute atomic E-state index is 0.243. The maximum atomic E-state index is 14.4. The summed E-state index contributed by atoms with van der Waals surface area (Å²) >= 11 is 0. The van der Waals surface area contributed by atoms with Crippen LogP contribution in [0.5, 0.6) is 0 Å². The Kier molecular flexibility index (Phi) is 7.58. The summed E-state index contributed by atoms with van der Waals surface area (Å²) in [6.45, 7) is 1.96. The number of terminal acetylenes is 1. The first kappa shape index (κ1) is 29.3. The van der Waals surface area contributed by atoms with E-state index in [2.05, 4.69) is 36.1 Å². The molecule has 2 aliphatic heterocycles. The second kappa shape index (κ2) is 10.9. The Morgan fingerprint density at radius 1 is 0.857 bits per heavy atom. The summed E-state index contributed by atoms with van der Waals surface area (Å²) < 4.78 is 42.2. The van der Waals surface area contributed by atoms with E-state index in [4.69, 9.17) is 21.2 Å². The summed E-state index contributed by atoms with van der Waals surface area (Å²) in [5.41, 5.74) is -1.11. The number of aryl methyl sites for hydroxylation is 2. The summed E-state index contributed by atoms with van der Waals surface area (Å²) in [6, 6.07) is 1.63. The van der Waals surface area contributed by atoms with Gasteiger partial charge in [-0.05, 0) is 13.8 Å². The van der Waals surface area contributed by atoms with Gasteiger partial charge in [0.1, 0.15) is 43.1 Å². The molecule has 4 N–H and O–H groups in total. The molecule has 0 amide bonds. The van der Waals surface area contributed by atoms with E-state index < -0.39 is 61.2 Å². The van der Waals surface area contributed by atoms with E-state index in [0.717, 1.165) is 0 Å². The highest BCUT2D eigenvalue weighted by Crippen LogP contribution is 2.42. The number of imidazole rings is 2. The standard InChI is InChI=1S/C13H13FN4O3.C12H12FN5O3/c1-3-13(5-19)11(20)9(14)10(21-13)8-4-15-12-7(2)16-6-17-18(8)12;1-6-11-15-2-7(18(11)17-5-16-6)9-8(13)10(20)12(3-14,4-19)21-9/h1,4,6,9-11,19-20H,5H2,2H3;2,5,8-10,19-20H,4H2,1H3/t9-,10-,11-,13+;8-,9-,10-,12+/m00/s1. The molecule has 0 saturated carbocycles. The monoisotopic (exact) mass is 585 g/mol. The number of rotatable bonds is 4. The van der Waals surface area contributed by atoms with Gasteiger partial charge in [-0.3, -0.25) is 0 Å². The topological polar surface area (TPSA) is 209 Å². The Bertz CT molecular complexity index is 1580. The van der Waals surface area contributed by atoms with Gasteiger partial charge in [-0.2, -0.15) is 15.5 Å². The molecule has 2 saturated heterocycles. The van der Waals surface area contributed by atoms with E-state index in [1.165, 1.54) is 34.1 Å². The summed E-state index contributed by atoms with van der Waals surface area (Å²) in [6.07, 6.45) is 1.12. The Labute approximate surface area is 236 Å². The van der Waals surface area contributed by atoms with Crippen molar-refractivity contribution in [3.05, 3.63) is 47.8 Å². The third-order valence-electron chi connectivity index (χ3n) is 7.31. The number of nitrogens with zero attached hydrogens (tertiary/aromatic N) is 9. The first-order valence-corrected chi connectivity index (χ1v) is 12.5. The highest BCUT2D eigenvalue weighted by Gasteiger charge is 2.57. The molecule has 4 aromatic heterocycles. The molecule has 4 aromatic rings. The highest BCUT2D eigenvalue weighted by atomic mass is 19.1. The lowest BCUT2D eigenvalue weighted by atomic mass is 9.96. The minimum atomic E-state index is -1.99. The zero-order valence-corrected chi connectivity index (χ0v) is 22.2. The van der Waals surface area contributed by atoms with Crippen molar-refractivity contribution in [2.24, 2.45) is 0 Å². The van der Waals surface area contributed by atoms with E-state index in [-0.39, 0.29) is 5.69 Å². The maximum Gasteiger partial charge on any atom is 0.206 e. The van der Waals surface area contributed by atoms with E-state index in [0.29, 0.717) is 28.4 Å². The van der Waals surface area contributed by atoms with Crippen molar-refractivity contribution < 1.29 is 38.7 Å². The first-order chi connectivity index (χ1) is 20.1. The minimum Gasteiger partial charge on any atom is -0.392 e. The predicted octanol–water partition coefficient (Wildman–Crippen LogP) is -0.975. The zero-order chi connectivity index (χ0) is 30.4. The molecule has 220 valence electrons. The molecule has 2 aliphatic rings. The maximum absolute atomic E-state index is 14.4. The van der Waals surface area contributed by atoms with E-state index >= 15 is 0 Å². The lowest BCUT2D eigenvalue weighted by molar-refractivity contribution is -0.0746. The Morgan fingerprint density at radius 3 is 1.64 bits per heavy atom. The Balaban J connectivity index is 0.000000168. The average Bonchev–Trinajstić information content (AvgIpc) is 3.75. The molecule has 15 nitrogen and oxygen atoms in total. The summed E-state index contributed by atoms with van der Waals surface area (Å²) in [5, 5.41) is 55.4. The van der Waals surface area contributed by atoms with Crippen LogP contribution in [-0.2, 0) is 9.47 Å². The summed E-state index contributed by atoms with van der Waals surface area (Å²) in [7, 11) is 0. The van der Waals surface area contributed by atoms with Crippen LogP contribution in [0.4, 0.5) is 8.78 Å². The van der Waals surface area contributed by atoms with Crippen LogP contribution in [0.1, 0.15) is 35.0 Å². The molecule has 0 bridgehead atoms. The van der Waals surface area contributed by atoms with Gasteiger partial charge in [0.05, 0.1) is 48.4 Å². The number of nitriles is 1. The molecule has 8 atom stereocenters. The predicted molar refractivity (Wildman–Crippen MR) is 135 cm³/mol. The van der Waals surface area contributed by atoms with Gasteiger partial charge in [0.15, 0.2) is 29.2 Å². The van der Waals surface area contributed by atoms with Crippen LogP contribution < -0.4 is 0 Å². The molecule has 42 heavy (non-hydrogen) atoms. The van der Waals surface area contributed by atoms with Gasteiger partial charge in [-0.1, -0.05) is 5.92 Å². The molecule has 0 aliphatic carbocycles. The van der Waals surface area contributed by atoms with Crippen molar-refractivity contribution in [2.75, 3.05) is 13.2 Å². The van der Waals surface area contributed by atoms with E-state index in [9.17, 15) is 29.2 Å². The van der Waals surface area contributed by atoms with Gasteiger partial charge in [-0.25, -0.2) is 37.7 Å². The van der Waals surface area contributed by atoms with Crippen LogP contribution in [0.2, 0.25) is 0 Å². The summed E-state index contributed by atoms with van der Waals surface area (Å²) in [4.78, 5) is 16.2. The molecule has 0 unspecified atom stereocenters.